The van der Waals surface area contributed by atoms with E-state index >= 15 is 0 Å². The summed E-state index contributed by atoms with van der Waals surface area (Å²) in [7, 11) is 2.06. The van der Waals surface area contributed by atoms with Crippen LogP contribution in [0, 0.1) is 0 Å². The SMILES string of the molecule is C/C=C1\C(CCCC)N=CN1C. The summed E-state index contributed by atoms with van der Waals surface area (Å²) in [6, 6.07) is 0.431. The van der Waals surface area contributed by atoms with E-state index in [1.807, 2.05) is 6.34 Å². The maximum atomic E-state index is 4.44. The molecule has 1 rings (SSSR count). The average Bonchev–Trinajstić information content (AvgIpc) is 2.43. The molecule has 0 saturated heterocycles. The second-order valence-corrected chi connectivity index (χ2v) is 3.25. The summed E-state index contributed by atoms with van der Waals surface area (Å²) in [5, 5.41) is 0. The molecule has 0 amide bonds. The van der Waals surface area contributed by atoms with Gasteiger partial charge in [-0.25, -0.2) is 0 Å². The average molecular weight is 166 g/mol. The molecule has 1 atom stereocenters. The van der Waals surface area contributed by atoms with Crippen molar-refractivity contribution in [2.24, 2.45) is 4.99 Å². The molecule has 0 fully saturated rings. The highest BCUT2D eigenvalue weighted by Crippen LogP contribution is 2.20. The smallest absolute Gasteiger partial charge is 0.0913 e. The first-order valence-corrected chi connectivity index (χ1v) is 4.72. The van der Waals surface area contributed by atoms with Crippen molar-refractivity contribution in [3.63, 3.8) is 0 Å². The van der Waals surface area contributed by atoms with Gasteiger partial charge in [0.25, 0.3) is 0 Å². The van der Waals surface area contributed by atoms with Gasteiger partial charge in [0.1, 0.15) is 0 Å². The van der Waals surface area contributed by atoms with Crippen LogP contribution in [0.1, 0.15) is 33.1 Å². The summed E-state index contributed by atoms with van der Waals surface area (Å²) >= 11 is 0. The largest absolute Gasteiger partial charge is 0.338 e. The van der Waals surface area contributed by atoms with E-state index in [-0.39, 0.29) is 0 Å². The van der Waals surface area contributed by atoms with Gasteiger partial charge in [0.15, 0.2) is 0 Å². The molecule has 1 heterocycles. The van der Waals surface area contributed by atoms with Gasteiger partial charge >= 0.3 is 0 Å². The van der Waals surface area contributed by atoms with Crippen molar-refractivity contribution >= 4 is 6.34 Å². The van der Waals surface area contributed by atoms with Crippen molar-refractivity contribution in [1.82, 2.24) is 4.90 Å². The number of unbranched alkanes of at least 4 members (excludes halogenated alkanes) is 1. The van der Waals surface area contributed by atoms with Gasteiger partial charge in [-0.2, -0.15) is 0 Å². The first kappa shape index (κ1) is 9.30. The second-order valence-electron chi connectivity index (χ2n) is 3.25. The Hall–Kier alpha value is -0.790. The highest BCUT2D eigenvalue weighted by atomic mass is 15.2. The normalized spacial score (nSPS) is 25.8. The molecule has 1 aliphatic heterocycles. The Morgan fingerprint density at radius 2 is 2.42 bits per heavy atom. The van der Waals surface area contributed by atoms with Gasteiger partial charge in [-0.3, -0.25) is 4.99 Å². The zero-order valence-corrected chi connectivity index (χ0v) is 8.25. The number of nitrogens with zero attached hydrogens (tertiary/aromatic N) is 2. The number of aliphatic imine (C=N–C) groups is 1. The Kier molecular flexibility index (Phi) is 3.32. The van der Waals surface area contributed by atoms with Crippen molar-refractivity contribution in [3.05, 3.63) is 11.8 Å². The molecule has 0 aromatic rings. The fourth-order valence-corrected chi connectivity index (χ4v) is 1.57. The molecule has 0 aromatic carbocycles. The molecule has 0 spiro atoms. The molecule has 0 N–H and O–H groups in total. The lowest BCUT2D eigenvalue weighted by Gasteiger charge is -2.14. The Balaban J connectivity index is 2.49. The third-order valence-corrected chi connectivity index (χ3v) is 2.30. The minimum absolute atomic E-state index is 0.431. The zero-order chi connectivity index (χ0) is 8.97. The van der Waals surface area contributed by atoms with Gasteiger partial charge in [-0.15, -0.1) is 0 Å². The lowest BCUT2D eigenvalue weighted by Crippen LogP contribution is -2.15. The predicted octanol–water partition coefficient (Wildman–Crippen LogP) is 2.42. The summed E-state index contributed by atoms with van der Waals surface area (Å²) in [6.07, 6.45) is 7.81. The minimum atomic E-state index is 0.431. The molecule has 0 aliphatic carbocycles. The third-order valence-electron chi connectivity index (χ3n) is 2.30. The van der Waals surface area contributed by atoms with Crippen molar-refractivity contribution in [3.8, 4) is 0 Å². The highest BCUT2D eigenvalue weighted by molar-refractivity contribution is 5.62. The van der Waals surface area contributed by atoms with E-state index in [2.05, 4.69) is 36.9 Å². The quantitative estimate of drug-likeness (QED) is 0.628. The molecule has 0 radical (unpaired) electrons. The molecule has 2 nitrogen and oxygen atoms in total. The Morgan fingerprint density at radius 3 is 3.00 bits per heavy atom. The Morgan fingerprint density at radius 1 is 1.67 bits per heavy atom. The molecule has 0 aromatic heterocycles. The van der Waals surface area contributed by atoms with E-state index in [1.54, 1.807) is 0 Å². The monoisotopic (exact) mass is 166 g/mol. The molecule has 2 heteroatoms. The summed E-state index contributed by atoms with van der Waals surface area (Å²) in [5.41, 5.74) is 1.35. The standard InChI is InChI=1S/C10H18N2/c1-4-6-7-9-10(5-2)12(3)8-11-9/h5,8-9H,4,6-7H2,1-3H3/b10-5+. The third kappa shape index (κ3) is 1.87. The van der Waals surface area contributed by atoms with Gasteiger partial charge in [0.2, 0.25) is 0 Å². The first-order chi connectivity index (χ1) is 5.79. The number of hydrogen-bond donors (Lipinski definition) is 0. The lowest BCUT2D eigenvalue weighted by atomic mass is 10.1. The fourth-order valence-electron chi connectivity index (χ4n) is 1.57. The van der Waals surface area contributed by atoms with Gasteiger partial charge in [0, 0.05) is 12.7 Å². The summed E-state index contributed by atoms with van der Waals surface area (Å²) in [6.45, 7) is 4.30. The van der Waals surface area contributed by atoms with Crippen molar-refractivity contribution in [2.45, 2.75) is 39.2 Å². The maximum absolute atomic E-state index is 4.44. The van der Waals surface area contributed by atoms with Crippen LogP contribution in [0.5, 0.6) is 0 Å². The summed E-state index contributed by atoms with van der Waals surface area (Å²) in [5.74, 6) is 0. The zero-order valence-electron chi connectivity index (χ0n) is 8.25. The van der Waals surface area contributed by atoms with E-state index in [4.69, 9.17) is 0 Å². The van der Waals surface area contributed by atoms with Gasteiger partial charge in [-0.1, -0.05) is 25.8 Å². The number of allylic oxidation sites excluding steroid dienone is 1. The van der Waals surface area contributed by atoms with Crippen LogP contribution in [-0.4, -0.2) is 24.3 Å². The Bertz CT molecular complexity index is 194. The molecule has 68 valence electrons. The van der Waals surface area contributed by atoms with Crippen LogP contribution in [0.2, 0.25) is 0 Å². The van der Waals surface area contributed by atoms with E-state index in [0.717, 1.165) is 0 Å². The number of likely N-dealkylation sites (N-methyl/N-ethyl adjacent to an activating group) is 1. The number of rotatable bonds is 3. The van der Waals surface area contributed by atoms with Crippen LogP contribution < -0.4 is 0 Å². The van der Waals surface area contributed by atoms with Crippen LogP contribution in [0.4, 0.5) is 0 Å². The Labute approximate surface area is 75.0 Å². The summed E-state index contributed by atoms with van der Waals surface area (Å²) in [4.78, 5) is 6.55. The minimum Gasteiger partial charge on any atom is -0.338 e. The van der Waals surface area contributed by atoms with E-state index < -0.39 is 0 Å². The second kappa shape index (κ2) is 4.29. The first-order valence-electron chi connectivity index (χ1n) is 4.72. The van der Waals surface area contributed by atoms with Crippen LogP contribution >= 0.6 is 0 Å². The van der Waals surface area contributed by atoms with E-state index in [0.29, 0.717) is 6.04 Å². The lowest BCUT2D eigenvalue weighted by molar-refractivity contribution is 0.564. The molecule has 0 saturated carbocycles. The van der Waals surface area contributed by atoms with Crippen molar-refractivity contribution in [1.29, 1.82) is 0 Å². The topological polar surface area (TPSA) is 15.6 Å². The van der Waals surface area contributed by atoms with Gasteiger partial charge in [-0.05, 0) is 13.3 Å². The molecular formula is C10H18N2. The van der Waals surface area contributed by atoms with Gasteiger partial charge < -0.3 is 4.90 Å². The van der Waals surface area contributed by atoms with Crippen LogP contribution in [0.15, 0.2) is 16.8 Å². The van der Waals surface area contributed by atoms with E-state index in [1.165, 1.54) is 25.0 Å². The highest BCUT2D eigenvalue weighted by Gasteiger charge is 2.19. The molecule has 1 aliphatic rings. The van der Waals surface area contributed by atoms with Crippen LogP contribution in [0.3, 0.4) is 0 Å². The van der Waals surface area contributed by atoms with Crippen molar-refractivity contribution in [2.75, 3.05) is 7.05 Å². The van der Waals surface area contributed by atoms with Crippen LogP contribution in [0.25, 0.3) is 0 Å². The van der Waals surface area contributed by atoms with Crippen molar-refractivity contribution < 1.29 is 0 Å². The number of hydrogen-bond acceptors (Lipinski definition) is 2. The predicted molar refractivity (Wildman–Crippen MR) is 53.3 cm³/mol. The molecular weight excluding hydrogens is 148 g/mol. The maximum Gasteiger partial charge on any atom is 0.0913 e. The summed E-state index contributed by atoms with van der Waals surface area (Å²) < 4.78 is 0. The fraction of sp³-hybridized carbons (Fsp3) is 0.700. The van der Waals surface area contributed by atoms with Gasteiger partial charge in [0.05, 0.1) is 12.4 Å². The van der Waals surface area contributed by atoms with E-state index in [9.17, 15) is 0 Å². The molecule has 12 heavy (non-hydrogen) atoms. The molecule has 1 unspecified atom stereocenters. The molecule has 0 bridgehead atoms. The van der Waals surface area contributed by atoms with Crippen LogP contribution in [-0.2, 0) is 0 Å².